The minimum absolute atomic E-state index is 0.259. The van der Waals surface area contributed by atoms with Gasteiger partial charge in [-0.05, 0) is 36.1 Å². The van der Waals surface area contributed by atoms with Crippen molar-refractivity contribution < 1.29 is 8.42 Å². The summed E-state index contributed by atoms with van der Waals surface area (Å²) in [5.74, 6) is 0.259. The summed E-state index contributed by atoms with van der Waals surface area (Å²) in [6, 6.07) is 20.5. The summed E-state index contributed by atoms with van der Waals surface area (Å²) in [4.78, 5) is 5.41. The van der Waals surface area contributed by atoms with E-state index in [0.29, 0.717) is 11.4 Å². The van der Waals surface area contributed by atoms with Crippen molar-refractivity contribution in [3.63, 3.8) is 0 Å². The molecule has 3 aromatic rings. The fraction of sp³-hybridized carbons (Fsp3) is 0.385. The van der Waals surface area contributed by atoms with Gasteiger partial charge in [0.1, 0.15) is 0 Å². The van der Waals surface area contributed by atoms with Crippen molar-refractivity contribution in [3.05, 3.63) is 66.2 Å². The van der Waals surface area contributed by atoms with Crippen molar-refractivity contribution in [2.24, 2.45) is 5.92 Å². The highest BCUT2D eigenvalue weighted by Gasteiger charge is 2.36. The Morgan fingerprint density at radius 1 is 0.844 bits per heavy atom. The van der Waals surface area contributed by atoms with Crippen LogP contribution in [-0.2, 0) is 16.6 Å². The summed E-state index contributed by atoms with van der Waals surface area (Å²) in [6.07, 6.45) is 1.09. The molecule has 3 aromatic carbocycles. The first-order chi connectivity index (χ1) is 15.4. The molecule has 168 valence electrons. The van der Waals surface area contributed by atoms with Gasteiger partial charge in [0.15, 0.2) is 0 Å². The van der Waals surface area contributed by atoms with Crippen LogP contribution >= 0.6 is 0 Å². The number of hydrogen-bond acceptors (Lipinski definition) is 4. The molecule has 6 heteroatoms. The Balaban J connectivity index is 1.45. The predicted molar refractivity (Wildman–Crippen MR) is 132 cm³/mol. The van der Waals surface area contributed by atoms with Crippen LogP contribution in [0.2, 0.25) is 0 Å². The molecule has 1 saturated heterocycles. The van der Waals surface area contributed by atoms with Crippen molar-refractivity contribution in [2.75, 3.05) is 41.9 Å². The van der Waals surface area contributed by atoms with Gasteiger partial charge in [-0.3, -0.25) is 9.21 Å². The average Bonchev–Trinajstić information content (AvgIpc) is 2.92. The molecule has 2 heterocycles. The Morgan fingerprint density at radius 2 is 1.62 bits per heavy atom. The molecule has 5 nitrogen and oxygen atoms in total. The van der Waals surface area contributed by atoms with E-state index >= 15 is 0 Å². The molecule has 0 atom stereocenters. The Kier molecular flexibility index (Phi) is 5.59. The van der Waals surface area contributed by atoms with Gasteiger partial charge in [-0.15, -0.1) is 0 Å². The van der Waals surface area contributed by atoms with Crippen LogP contribution in [0.25, 0.3) is 10.8 Å². The number of benzene rings is 3. The molecule has 0 amide bonds. The smallest absolute Gasteiger partial charge is 0.265 e. The first-order valence-corrected chi connectivity index (χ1v) is 13.0. The van der Waals surface area contributed by atoms with Gasteiger partial charge in [-0.2, -0.15) is 0 Å². The van der Waals surface area contributed by atoms with E-state index in [4.69, 9.17) is 0 Å². The van der Waals surface area contributed by atoms with Crippen molar-refractivity contribution in [1.82, 2.24) is 4.90 Å². The molecule has 0 aliphatic carbocycles. The summed E-state index contributed by atoms with van der Waals surface area (Å²) in [7, 11) is -3.48. The Hall–Kier alpha value is -2.57. The van der Waals surface area contributed by atoms with Gasteiger partial charge in [0.25, 0.3) is 10.0 Å². The van der Waals surface area contributed by atoms with E-state index in [2.05, 4.69) is 66.1 Å². The molecular weight excluding hydrogens is 418 g/mol. The number of hydrogen-bond donors (Lipinski definition) is 0. The van der Waals surface area contributed by atoms with Crippen LogP contribution in [0.3, 0.4) is 0 Å². The standard InChI is InChI=1S/C26H31N3O2S/c1-20(2)18-29-24-13-12-23(22-10-6-11-25(26(22)24)32(29,30)31)28-15-7-14-27(16-17-28)19-21-8-4-3-5-9-21/h3-6,8-13,20H,7,14-19H2,1-2H3. The number of anilines is 2. The molecule has 32 heavy (non-hydrogen) atoms. The number of sulfonamides is 1. The van der Waals surface area contributed by atoms with Crippen molar-refractivity contribution >= 4 is 32.2 Å². The first-order valence-electron chi connectivity index (χ1n) is 11.5. The molecule has 2 aliphatic heterocycles. The highest BCUT2D eigenvalue weighted by atomic mass is 32.2. The topological polar surface area (TPSA) is 43.9 Å². The SMILES string of the molecule is CC(C)CN1c2ccc(N3CCCN(Cc4ccccc4)CC3)c3cccc(c23)S1(=O)=O. The largest absolute Gasteiger partial charge is 0.370 e. The van der Waals surface area contributed by atoms with Crippen LogP contribution in [0.15, 0.2) is 65.6 Å². The van der Waals surface area contributed by atoms with Gasteiger partial charge in [-0.25, -0.2) is 8.42 Å². The van der Waals surface area contributed by atoms with E-state index in [-0.39, 0.29) is 5.92 Å². The van der Waals surface area contributed by atoms with E-state index < -0.39 is 10.0 Å². The summed E-state index contributed by atoms with van der Waals surface area (Å²) in [5, 5.41) is 1.93. The minimum atomic E-state index is -3.48. The van der Waals surface area contributed by atoms with Crippen LogP contribution < -0.4 is 9.21 Å². The third-order valence-electron chi connectivity index (χ3n) is 6.50. The highest BCUT2D eigenvalue weighted by molar-refractivity contribution is 7.93. The molecule has 0 aromatic heterocycles. The van der Waals surface area contributed by atoms with Gasteiger partial charge in [0.2, 0.25) is 0 Å². The van der Waals surface area contributed by atoms with Gasteiger partial charge >= 0.3 is 0 Å². The average molecular weight is 450 g/mol. The van der Waals surface area contributed by atoms with Crippen molar-refractivity contribution in [1.29, 1.82) is 0 Å². The normalized spacial score (nSPS) is 18.5. The molecule has 0 saturated carbocycles. The third-order valence-corrected chi connectivity index (χ3v) is 8.33. The maximum absolute atomic E-state index is 13.3. The lowest BCUT2D eigenvalue weighted by atomic mass is 10.0. The highest BCUT2D eigenvalue weighted by Crippen LogP contribution is 2.45. The zero-order chi connectivity index (χ0) is 22.3. The molecular formula is C26H31N3O2S. The predicted octanol–water partition coefficient (Wildman–Crippen LogP) is 4.72. The fourth-order valence-corrected chi connectivity index (χ4v) is 6.89. The second kappa shape index (κ2) is 8.41. The summed E-state index contributed by atoms with van der Waals surface area (Å²) >= 11 is 0. The molecule has 0 N–H and O–H groups in total. The second-order valence-corrected chi connectivity index (χ2v) is 11.1. The van der Waals surface area contributed by atoms with Crippen molar-refractivity contribution in [2.45, 2.75) is 31.7 Å². The number of nitrogens with zero attached hydrogens (tertiary/aromatic N) is 3. The lowest BCUT2D eigenvalue weighted by molar-refractivity contribution is 0.285. The zero-order valence-corrected chi connectivity index (χ0v) is 19.7. The Bertz CT molecular complexity index is 1220. The van der Waals surface area contributed by atoms with Crippen LogP contribution in [0.5, 0.6) is 0 Å². The van der Waals surface area contributed by atoms with E-state index in [9.17, 15) is 8.42 Å². The van der Waals surface area contributed by atoms with Gasteiger partial charge in [-0.1, -0.05) is 56.3 Å². The molecule has 0 unspecified atom stereocenters. The molecule has 2 aliphatic rings. The van der Waals surface area contributed by atoms with Gasteiger partial charge < -0.3 is 4.90 Å². The van der Waals surface area contributed by atoms with Crippen LogP contribution in [0.4, 0.5) is 11.4 Å². The Morgan fingerprint density at radius 3 is 2.41 bits per heavy atom. The quantitative estimate of drug-likeness (QED) is 0.566. The van der Waals surface area contributed by atoms with E-state index in [1.165, 1.54) is 5.56 Å². The van der Waals surface area contributed by atoms with Crippen LogP contribution in [0, 0.1) is 5.92 Å². The molecule has 1 fully saturated rings. The maximum atomic E-state index is 13.3. The zero-order valence-electron chi connectivity index (χ0n) is 18.9. The van der Waals surface area contributed by atoms with Crippen LogP contribution in [-0.4, -0.2) is 46.0 Å². The lowest BCUT2D eigenvalue weighted by Crippen LogP contribution is -2.31. The second-order valence-electron chi connectivity index (χ2n) is 9.31. The lowest BCUT2D eigenvalue weighted by Gasteiger charge is -2.26. The summed E-state index contributed by atoms with van der Waals surface area (Å²) in [6.45, 7) is 9.58. The van der Waals surface area contributed by atoms with Crippen LogP contribution in [0.1, 0.15) is 25.8 Å². The van der Waals surface area contributed by atoms with Crippen molar-refractivity contribution in [3.8, 4) is 0 Å². The molecule has 0 spiro atoms. The Labute approximate surface area is 191 Å². The minimum Gasteiger partial charge on any atom is -0.370 e. The van der Waals surface area contributed by atoms with E-state index in [0.717, 1.165) is 61.3 Å². The van der Waals surface area contributed by atoms with Gasteiger partial charge in [0.05, 0.1) is 10.6 Å². The molecule has 5 rings (SSSR count). The summed E-state index contributed by atoms with van der Waals surface area (Å²) < 4.78 is 28.1. The molecule has 0 radical (unpaired) electrons. The molecule has 0 bridgehead atoms. The fourth-order valence-electron chi connectivity index (χ4n) is 5.03. The van der Waals surface area contributed by atoms with Gasteiger partial charge in [0, 0.05) is 55.7 Å². The maximum Gasteiger partial charge on any atom is 0.265 e. The summed E-state index contributed by atoms with van der Waals surface area (Å²) in [5.41, 5.74) is 3.32. The third kappa shape index (κ3) is 3.76. The van der Waals surface area contributed by atoms with E-state index in [1.54, 1.807) is 10.4 Å². The van der Waals surface area contributed by atoms with E-state index in [1.807, 2.05) is 12.1 Å². The first kappa shape index (κ1) is 21.3. The monoisotopic (exact) mass is 449 g/mol. The number of rotatable bonds is 5.